The van der Waals surface area contributed by atoms with Crippen LogP contribution in [-0.2, 0) is 19.2 Å². The van der Waals surface area contributed by atoms with E-state index in [1.807, 2.05) is 6.26 Å². The zero-order valence-electron chi connectivity index (χ0n) is 18.6. The van der Waals surface area contributed by atoms with Crippen molar-refractivity contribution >= 4 is 41.4 Å². The number of likely N-dealkylation sites (tertiary alicyclic amines) is 1. The summed E-state index contributed by atoms with van der Waals surface area (Å²) < 4.78 is 0. The minimum Gasteiger partial charge on any atom is -0.480 e. The van der Waals surface area contributed by atoms with Gasteiger partial charge in [0.2, 0.25) is 17.7 Å². The van der Waals surface area contributed by atoms with E-state index in [9.17, 15) is 24.3 Å². The standard InChI is InChI=1S/C19H35N7O5S/c1-11(17(29)26-9-4-6-14(26)18(30)31)24-16(28)13(5-3-8-23-19(21)22)25-15(27)12(20)7-10-32-2/h11-14H,3-10,20H2,1-2H3,(H,24,28)(H,25,27)(H,30,31)(H4,21,22,23). The van der Waals surface area contributed by atoms with Gasteiger partial charge in [0.05, 0.1) is 6.04 Å². The minimum absolute atomic E-state index is 0.0769. The van der Waals surface area contributed by atoms with Crippen LogP contribution in [0.5, 0.6) is 0 Å². The Kier molecular flexibility index (Phi) is 11.8. The lowest BCUT2D eigenvalue weighted by Gasteiger charge is -2.27. The molecule has 1 aliphatic rings. The number of nitrogens with one attached hydrogen (secondary N) is 2. The maximum atomic E-state index is 12.8. The molecule has 1 saturated heterocycles. The van der Waals surface area contributed by atoms with Crippen molar-refractivity contribution < 1.29 is 24.3 Å². The molecule has 0 aromatic carbocycles. The van der Waals surface area contributed by atoms with Crippen LogP contribution in [0, 0.1) is 0 Å². The van der Waals surface area contributed by atoms with Gasteiger partial charge in [0.15, 0.2) is 5.96 Å². The Hall–Kier alpha value is -2.54. The molecule has 13 heteroatoms. The summed E-state index contributed by atoms with van der Waals surface area (Å²) in [4.78, 5) is 54.4. The highest BCUT2D eigenvalue weighted by atomic mass is 32.2. The number of thioether (sulfide) groups is 1. The van der Waals surface area contributed by atoms with Crippen molar-refractivity contribution in [3.05, 3.63) is 0 Å². The first-order chi connectivity index (χ1) is 15.1. The molecule has 9 N–H and O–H groups in total. The molecule has 0 aromatic heterocycles. The Balaban J connectivity index is 2.79. The van der Waals surface area contributed by atoms with E-state index in [2.05, 4.69) is 15.6 Å². The van der Waals surface area contributed by atoms with Crippen LogP contribution >= 0.6 is 11.8 Å². The molecule has 1 fully saturated rings. The van der Waals surface area contributed by atoms with E-state index in [-0.39, 0.29) is 18.9 Å². The van der Waals surface area contributed by atoms with Gasteiger partial charge in [-0.1, -0.05) is 0 Å². The second kappa shape index (κ2) is 13.8. The molecular weight excluding hydrogens is 438 g/mol. The van der Waals surface area contributed by atoms with E-state index in [1.54, 1.807) is 11.8 Å². The van der Waals surface area contributed by atoms with Gasteiger partial charge in [0.25, 0.3) is 0 Å². The van der Waals surface area contributed by atoms with Crippen molar-refractivity contribution in [2.24, 2.45) is 22.2 Å². The topological polar surface area (TPSA) is 206 Å². The van der Waals surface area contributed by atoms with Crippen LogP contribution in [-0.4, -0.2) is 88.9 Å². The average molecular weight is 474 g/mol. The molecule has 3 amide bonds. The first-order valence-corrected chi connectivity index (χ1v) is 11.9. The van der Waals surface area contributed by atoms with E-state index in [1.165, 1.54) is 11.8 Å². The number of carbonyl (C=O) groups is 4. The quantitative estimate of drug-likeness (QED) is 0.101. The summed E-state index contributed by atoms with van der Waals surface area (Å²) in [5, 5.41) is 14.5. The lowest BCUT2D eigenvalue weighted by Crippen LogP contribution is -2.56. The van der Waals surface area contributed by atoms with Crippen molar-refractivity contribution in [2.75, 3.05) is 25.1 Å². The first kappa shape index (κ1) is 27.5. The van der Waals surface area contributed by atoms with Gasteiger partial charge in [-0.3, -0.25) is 19.4 Å². The smallest absolute Gasteiger partial charge is 0.326 e. The second-order valence-electron chi connectivity index (χ2n) is 7.66. The van der Waals surface area contributed by atoms with Gasteiger partial charge < -0.3 is 37.8 Å². The number of carbonyl (C=O) groups excluding carboxylic acids is 3. The molecule has 32 heavy (non-hydrogen) atoms. The molecule has 0 aromatic rings. The fourth-order valence-corrected chi connectivity index (χ4v) is 3.83. The van der Waals surface area contributed by atoms with Gasteiger partial charge >= 0.3 is 5.97 Å². The number of hydrogen-bond acceptors (Lipinski definition) is 7. The summed E-state index contributed by atoms with van der Waals surface area (Å²) in [5.74, 6) is -1.96. The number of amides is 3. The van der Waals surface area contributed by atoms with Gasteiger partial charge in [0.1, 0.15) is 18.1 Å². The van der Waals surface area contributed by atoms with E-state index in [4.69, 9.17) is 17.2 Å². The summed E-state index contributed by atoms with van der Waals surface area (Å²) in [6.45, 7) is 2.07. The fourth-order valence-electron chi connectivity index (χ4n) is 3.34. The number of nitrogens with two attached hydrogens (primary N) is 3. The van der Waals surface area contributed by atoms with Crippen LogP contribution in [0.15, 0.2) is 4.99 Å². The zero-order valence-corrected chi connectivity index (χ0v) is 19.4. The van der Waals surface area contributed by atoms with Crippen molar-refractivity contribution in [3.63, 3.8) is 0 Å². The van der Waals surface area contributed by atoms with E-state index < -0.39 is 47.9 Å². The van der Waals surface area contributed by atoms with Crippen molar-refractivity contribution in [3.8, 4) is 0 Å². The number of guanidine groups is 1. The van der Waals surface area contributed by atoms with Gasteiger partial charge in [-0.05, 0) is 51.0 Å². The Labute approximate surface area is 192 Å². The lowest BCUT2D eigenvalue weighted by molar-refractivity contribution is -0.149. The van der Waals surface area contributed by atoms with Gasteiger partial charge in [-0.25, -0.2) is 4.79 Å². The number of carboxylic acid groups (broad SMARTS) is 1. The van der Waals surface area contributed by atoms with Gasteiger partial charge in [0, 0.05) is 13.1 Å². The molecule has 0 bridgehead atoms. The predicted molar refractivity (Wildman–Crippen MR) is 123 cm³/mol. The van der Waals surface area contributed by atoms with Crippen molar-refractivity contribution in [1.29, 1.82) is 0 Å². The lowest BCUT2D eigenvalue weighted by atomic mass is 10.1. The third kappa shape index (κ3) is 8.91. The number of carboxylic acids is 1. The van der Waals surface area contributed by atoms with E-state index in [0.717, 1.165) is 0 Å². The SMILES string of the molecule is CSCCC(N)C(=O)NC(CCCN=C(N)N)C(=O)NC(C)C(=O)N1CCCC1C(=O)O. The van der Waals surface area contributed by atoms with Crippen LogP contribution in [0.3, 0.4) is 0 Å². The van der Waals surface area contributed by atoms with Gasteiger partial charge in [-0.2, -0.15) is 11.8 Å². The predicted octanol–water partition coefficient (Wildman–Crippen LogP) is -1.81. The third-order valence-corrected chi connectivity index (χ3v) is 5.74. The molecule has 4 atom stereocenters. The fraction of sp³-hybridized carbons (Fsp3) is 0.737. The van der Waals surface area contributed by atoms with Crippen LogP contribution < -0.4 is 27.8 Å². The molecule has 0 spiro atoms. The molecule has 4 unspecified atom stereocenters. The number of aliphatic imine (C=N–C) groups is 1. The number of hydrogen-bond donors (Lipinski definition) is 6. The summed E-state index contributed by atoms with van der Waals surface area (Å²) in [5.41, 5.74) is 16.5. The van der Waals surface area contributed by atoms with E-state index in [0.29, 0.717) is 38.0 Å². The van der Waals surface area contributed by atoms with Crippen LogP contribution in [0.1, 0.15) is 39.0 Å². The molecule has 0 radical (unpaired) electrons. The molecule has 1 heterocycles. The molecule has 0 saturated carbocycles. The average Bonchev–Trinajstić information content (AvgIpc) is 3.23. The van der Waals surface area contributed by atoms with Crippen molar-refractivity contribution in [1.82, 2.24) is 15.5 Å². The Morgan fingerprint density at radius 1 is 1.19 bits per heavy atom. The summed E-state index contributed by atoms with van der Waals surface area (Å²) in [6.07, 6.45) is 3.95. The van der Waals surface area contributed by atoms with Crippen LogP contribution in [0.2, 0.25) is 0 Å². The van der Waals surface area contributed by atoms with Crippen molar-refractivity contribution in [2.45, 2.75) is 63.2 Å². The van der Waals surface area contributed by atoms with E-state index >= 15 is 0 Å². The number of rotatable bonds is 13. The normalized spacial score (nSPS) is 18.3. The summed E-state index contributed by atoms with van der Waals surface area (Å²) in [6, 6.07) is -3.56. The maximum Gasteiger partial charge on any atom is 0.326 e. The number of nitrogens with zero attached hydrogens (tertiary/aromatic N) is 2. The second-order valence-corrected chi connectivity index (χ2v) is 8.64. The largest absolute Gasteiger partial charge is 0.480 e. The number of aliphatic carboxylic acids is 1. The molecule has 1 aliphatic heterocycles. The molecular formula is C19H35N7O5S. The molecule has 12 nitrogen and oxygen atoms in total. The summed E-state index contributed by atoms with van der Waals surface area (Å²) in [7, 11) is 0. The Morgan fingerprint density at radius 2 is 1.88 bits per heavy atom. The van der Waals surface area contributed by atoms with Crippen LogP contribution in [0.25, 0.3) is 0 Å². The summed E-state index contributed by atoms with van der Waals surface area (Å²) >= 11 is 1.56. The first-order valence-electron chi connectivity index (χ1n) is 10.5. The van der Waals surface area contributed by atoms with Gasteiger partial charge in [-0.15, -0.1) is 0 Å². The third-order valence-electron chi connectivity index (χ3n) is 5.10. The molecule has 0 aliphatic carbocycles. The highest BCUT2D eigenvalue weighted by Crippen LogP contribution is 2.18. The highest BCUT2D eigenvalue weighted by molar-refractivity contribution is 7.98. The zero-order chi connectivity index (χ0) is 24.3. The Morgan fingerprint density at radius 3 is 2.47 bits per heavy atom. The maximum absolute atomic E-state index is 12.8. The monoisotopic (exact) mass is 473 g/mol. The minimum atomic E-state index is -1.07. The van der Waals surface area contributed by atoms with Crippen LogP contribution in [0.4, 0.5) is 0 Å². The highest BCUT2D eigenvalue weighted by Gasteiger charge is 2.36. The molecule has 182 valence electrons. The Bertz CT molecular complexity index is 702. The molecule has 1 rings (SSSR count).